The van der Waals surface area contributed by atoms with E-state index >= 15 is 0 Å². The smallest absolute Gasteiger partial charge is 0.290 e. The Morgan fingerprint density at radius 2 is 2.27 bits per heavy atom. The van der Waals surface area contributed by atoms with Crippen LogP contribution in [0.1, 0.15) is 6.92 Å². The summed E-state index contributed by atoms with van der Waals surface area (Å²) in [6.07, 6.45) is 4.13. The van der Waals surface area contributed by atoms with Gasteiger partial charge in [0.25, 0.3) is 0 Å². The molecule has 1 saturated heterocycles. The van der Waals surface area contributed by atoms with Crippen LogP contribution in [0.2, 0.25) is 0 Å². The minimum atomic E-state index is -3.32. The van der Waals surface area contributed by atoms with Gasteiger partial charge in [0, 0.05) is 7.11 Å². The van der Waals surface area contributed by atoms with E-state index in [1.54, 1.807) is 6.92 Å². The molecular weight excluding hydrogens is 167 g/mol. The zero-order chi connectivity index (χ0) is 8.48. The van der Waals surface area contributed by atoms with Gasteiger partial charge in [0.05, 0.1) is 0 Å². The van der Waals surface area contributed by atoms with Crippen LogP contribution in [0.3, 0.4) is 0 Å². The van der Waals surface area contributed by atoms with Gasteiger partial charge in [-0.25, -0.2) is 4.57 Å². The minimum Gasteiger partial charge on any atom is -0.290 e. The molecule has 1 heterocycles. The molecule has 0 radical (unpaired) electrons. The van der Waals surface area contributed by atoms with E-state index in [0.29, 0.717) is 0 Å². The Bertz CT molecular complexity index is 231. The van der Waals surface area contributed by atoms with Crippen molar-refractivity contribution in [1.29, 1.82) is 0 Å². The molecular formula is C6H9O4P. The zero-order valence-electron chi connectivity index (χ0n) is 6.31. The van der Waals surface area contributed by atoms with Crippen molar-refractivity contribution in [2.75, 3.05) is 7.11 Å². The van der Waals surface area contributed by atoms with Crippen molar-refractivity contribution < 1.29 is 18.1 Å². The van der Waals surface area contributed by atoms with Gasteiger partial charge in [-0.05, 0) is 6.92 Å². The van der Waals surface area contributed by atoms with Crippen molar-refractivity contribution in [2.24, 2.45) is 0 Å². The number of hydrogen-bond donors (Lipinski definition) is 0. The normalized spacial score (nSPS) is 43.7. The van der Waals surface area contributed by atoms with Gasteiger partial charge in [-0.2, -0.15) is 0 Å². The lowest BCUT2D eigenvalue weighted by molar-refractivity contribution is 0.205. The van der Waals surface area contributed by atoms with Gasteiger partial charge in [0.15, 0.2) is 6.10 Å². The molecule has 5 heteroatoms. The van der Waals surface area contributed by atoms with Crippen molar-refractivity contribution in [1.82, 2.24) is 0 Å². The lowest BCUT2D eigenvalue weighted by atomic mass is 10.2. The third-order valence-corrected chi connectivity index (χ3v) is 2.88. The van der Waals surface area contributed by atoms with Crippen LogP contribution in [0.15, 0.2) is 0 Å². The largest absolute Gasteiger partial charge is 0.476 e. The number of terminal acetylenes is 1. The maximum Gasteiger partial charge on any atom is 0.476 e. The predicted molar refractivity (Wildman–Crippen MR) is 38.9 cm³/mol. The molecule has 3 unspecified atom stereocenters. The SMILES string of the molecule is C#CC1OP(=O)(OC)OC1C. The molecule has 0 spiro atoms. The quantitative estimate of drug-likeness (QED) is 0.444. The summed E-state index contributed by atoms with van der Waals surface area (Å²) in [6, 6.07) is 0. The Kier molecular flexibility index (Phi) is 2.36. The second kappa shape index (κ2) is 2.96. The first-order chi connectivity index (χ1) is 5.11. The number of phosphoric acid groups is 1. The predicted octanol–water partition coefficient (Wildman–Crippen LogP) is 1.18. The fourth-order valence-electron chi connectivity index (χ4n) is 0.761. The molecule has 0 bridgehead atoms. The molecule has 0 amide bonds. The first kappa shape index (κ1) is 8.76. The summed E-state index contributed by atoms with van der Waals surface area (Å²) in [7, 11) is -2.07. The summed E-state index contributed by atoms with van der Waals surface area (Å²) in [5.74, 6) is 2.30. The van der Waals surface area contributed by atoms with Gasteiger partial charge in [0.1, 0.15) is 6.10 Å². The number of hydrogen-bond acceptors (Lipinski definition) is 4. The molecule has 4 nitrogen and oxygen atoms in total. The fraction of sp³-hybridized carbons (Fsp3) is 0.667. The van der Waals surface area contributed by atoms with Crippen LogP contribution < -0.4 is 0 Å². The highest BCUT2D eigenvalue weighted by molar-refractivity contribution is 7.48. The van der Waals surface area contributed by atoms with E-state index < -0.39 is 13.9 Å². The van der Waals surface area contributed by atoms with Crippen molar-refractivity contribution in [3.05, 3.63) is 0 Å². The highest BCUT2D eigenvalue weighted by Gasteiger charge is 2.42. The molecule has 11 heavy (non-hydrogen) atoms. The monoisotopic (exact) mass is 176 g/mol. The van der Waals surface area contributed by atoms with Gasteiger partial charge < -0.3 is 0 Å². The Morgan fingerprint density at radius 3 is 2.55 bits per heavy atom. The second-order valence-electron chi connectivity index (χ2n) is 2.13. The fourth-order valence-corrected chi connectivity index (χ4v) is 2.01. The Balaban J connectivity index is 2.72. The van der Waals surface area contributed by atoms with E-state index in [2.05, 4.69) is 10.4 Å². The molecule has 1 fully saturated rings. The van der Waals surface area contributed by atoms with Gasteiger partial charge in [0.2, 0.25) is 0 Å². The molecule has 62 valence electrons. The van der Waals surface area contributed by atoms with Gasteiger partial charge in [-0.1, -0.05) is 5.92 Å². The van der Waals surface area contributed by atoms with Crippen LogP contribution in [-0.4, -0.2) is 19.3 Å². The van der Waals surface area contributed by atoms with Crippen LogP contribution >= 0.6 is 7.82 Å². The van der Waals surface area contributed by atoms with Crippen molar-refractivity contribution >= 4 is 7.82 Å². The third-order valence-electron chi connectivity index (χ3n) is 1.35. The second-order valence-corrected chi connectivity index (χ2v) is 3.81. The van der Waals surface area contributed by atoms with E-state index in [1.807, 2.05) is 0 Å². The summed E-state index contributed by atoms with van der Waals surface area (Å²) >= 11 is 0. The highest BCUT2D eigenvalue weighted by Crippen LogP contribution is 2.56. The summed E-state index contributed by atoms with van der Waals surface area (Å²) in [5, 5.41) is 0. The molecule has 0 N–H and O–H groups in total. The third kappa shape index (κ3) is 1.63. The van der Waals surface area contributed by atoms with E-state index in [1.165, 1.54) is 7.11 Å². The highest BCUT2D eigenvalue weighted by atomic mass is 31.2. The van der Waals surface area contributed by atoms with Gasteiger partial charge >= 0.3 is 7.82 Å². The average molecular weight is 176 g/mol. The molecule has 0 aliphatic carbocycles. The Morgan fingerprint density at radius 1 is 1.64 bits per heavy atom. The van der Waals surface area contributed by atoms with Crippen molar-refractivity contribution in [3.63, 3.8) is 0 Å². The summed E-state index contributed by atoms with van der Waals surface area (Å²) in [5.41, 5.74) is 0. The van der Waals surface area contributed by atoms with E-state index in [9.17, 15) is 4.57 Å². The Hall–Kier alpha value is -0.330. The summed E-state index contributed by atoms with van der Waals surface area (Å²) in [4.78, 5) is 0. The van der Waals surface area contributed by atoms with Crippen LogP contribution in [0.4, 0.5) is 0 Å². The average Bonchev–Trinajstić information content (AvgIpc) is 2.27. The lowest BCUT2D eigenvalue weighted by Crippen LogP contribution is -2.15. The first-order valence-electron chi connectivity index (χ1n) is 3.10. The van der Waals surface area contributed by atoms with Gasteiger partial charge in [-0.15, -0.1) is 6.42 Å². The molecule has 1 rings (SSSR count). The molecule has 1 aliphatic rings. The number of rotatable bonds is 1. The molecule has 0 saturated carbocycles. The minimum absolute atomic E-state index is 0.370. The first-order valence-corrected chi connectivity index (χ1v) is 4.56. The van der Waals surface area contributed by atoms with Crippen molar-refractivity contribution in [2.45, 2.75) is 19.1 Å². The maximum absolute atomic E-state index is 11.2. The summed E-state index contributed by atoms with van der Waals surface area (Å²) in [6.45, 7) is 1.68. The topological polar surface area (TPSA) is 44.8 Å². The molecule has 3 atom stereocenters. The maximum atomic E-state index is 11.2. The van der Waals surface area contributed by atoms with Crippen molar-refractivity contribution in [3.8, 4) is 12.3 Å². The standard InChI is InChI=1S/C6H9O4P/c1-4-6-5(2)9-11(7,8-3)10-6/h1,5-6H,2-3H3. The van der Waals surface area contributed by atoms with Crippen LogP contribution in [0.25, 0.3) is 0 Å². The van der Waals surface area contributed by atoms with Gasteiger partial charge in [-0.3, -0.25) is 13.6 Å². The van der Waals surface area contributed by atoms with E-state index in [4.69, 9.17) is 15.5 Å². The molecule has 1 aliphatic heterocycles. The number of phosphoric ester groups is 1. The molecule has 0 aromatic carbocycles. The zero-order valence-corrected chi connectivity index (χ0v) is 7.21. The lowest BCUT2D eigenvalue weighted by Gasteiger charge is -2.03. The molecule has 0 aromatic rings. The Labute approximate surface area is 65.4 Å². The van der Waals surface area contributed by atoms with Crippen LogP contribution in [-0.2, 0) is 18.1 Å². The van der Waals surface area contributed by atoms with Crippen LogP contribution in [0.5, 0.6) is 0 Å². The molecule has 0 aromatic heterocycles. The van der Waals surface area contributed by atoms with Crippen LogP contribution in [0, 0.1) is 12.3 Å². The van der Waals surface area contributed by atoms with E-state index in [-0.39, 0.29) is 6.10 Å². The van der Waals surface area contributed by atoms with E-state index in [0.717, 1.165) is 0 Å². The summed E-state index contributed by atoms with van der Waals surface area (Å²) < 4.78 is 25.4.